The minimum absolute atomic E-state index is 0.112. The van der Waals surface area contributed by atoms with E-state index in [-0.39, 0.29) is 35.4 Å². The predicted octanol–water partition coefficient (Wildman–Crippen LogP) is 3.75. The molecule has 4 N–H and O–H groups in total. The maximum absolute atomic E-state index is 12.7. The summed E-state index contributed by atoms with van der Waals surface area (Å²) in [6.45, 7) is 8.10. The van der Waals surface area contributed by atoms with Gasteiger partial charge in [0.25, 0.3) is 5.91 Å². The van der Waals surface area contributed by atoms with Crippen LogP contribution in [0.1, 0.15) is 68.4 Å². The number of piperidine rings is 1. The number of nitrogens with one attached hydrogen (secondary N) is 3. The van der Waals surface area contributed by atoms with Crippen LogP contribution in [0.3, 0.4) is 0 Å². The van der Waals surface area contributed by atoms with Gasteiger partial charge in [0.1, 0.15) is 5.60 Å². The van der Waals surface area contributed by atoms with Gasteiger partial charge in [0.15, 0.2) is 22.9 Å². The first-order valence-corrected chi connectivity index (χ1v) is 13.1. The molecule has 11 heteroatoms. The van der Waals surface area contributed by atoms with Gasteiger partial charge in [-0.2, -0.15) is 5.10 Å². The van der Waals surface area contributed by atoms with Gasteiger partial charge in [-0.05, 0) is 56.4 Å². The number of nitrogens with zero attached hydrogens (tertiary/aromatic N) is 4. The number of amides is 2. The normalized spacial score (nSPS) is 15.4. The molecule has 1 atom stereocenters. The lowest BCUT2D eigenvalue weighted by Crippen LogP contribution is -2.41. The second-order valence-electron chi connectivity index (χ2n) is 10.5. The number of H-pyrrole nitrogens is 1. The summed E-state index contributed by atoms with van der Waals surface area (Å²) in [5.41, 5.74) is 2.49. The van der Waals surface area contributed by atoms with Crippen LogP contribution < -0.4 is 10.6 Å². The number of fused-ring (bicyclic) bond motifs is 1. The molecule has 204 valence electrons. The Kier molecular flexibility index (Phi) is 7.09. The Morgan fingerprint density at radius 1 is 1.18 bits per heavy atom. The highest BCUT2D eigenvalue weighted by atomic mass is 16.5. The number of aliphatic hydroxyl groups is 1. The number of carbonyl (C=O) groups excluding carboxylic acids is 2. The van der Waals surface area contributed by atoms with Crippen molar-refractivity contribution >= 4 is 28.7 Å². The Morgan fingerprint density at radius 2 is 1.90 bits per heavy atom. The monoisotopic (exact) mass is 531 g/mol. The highest BCUT2D eigenvalue weighted by Gasteiger charge is 2.25. The second-order valence-corrected chi connectivity index (χ2v) is 10.5. The van der Waals surface area contributed by atoms with E-state index in [1.165, 1.54) is 6.07 Å². The van der Waals surface area contributed by atoms with Crippen LogP contribution in [0.25, 0.3) is 22.2 Å². The molecule has 3 aromatic heterocycles. The van der Waals surface area contributed by atoms with Crippen LogP contribution in [0, 0.1) is 0 Å². The average Bonchev–Trinajstić information content (AvgIpc) is 3.57. The largest absolute Gasteiger partial charge is 0.382 e. The zero-order chi connectivity index (χ0) is 27.7. The highest BCUT2D eigenvalue weighted by Crippen LogP contribution is 2.33. The Balaban J connectivity index is 1.30. The van der Waals surface area contributed by atoms with Crippen LogP contribution in [0.5, 0.6) is 0 Å². The zero-order valence-corrected chi connectivity index (χ0v) is 22.5. The van der Waals surface area contributed by atoms with Crippen molar-refractivity contribution in [1.82, 2.24) is 30.6 Å². The average molecular weight is 532 g/mol. The summed E-state index contributed by atoms with van der Waals surface area (Å²) in [5, 5.41) is 28.7. The number of rotatable bonds is 7. The van der Waals surface area contributed by atoms with Gasteiger partial charge in [0.2, 0.25) is 5.91 Å². The molecule has 11 nitrogen and oxygen atoms in total. The van der Waals surface area contributed by atoms with Gasteiger partial charge in [-0.15, -0.1) is 0 Å². The lowest BCUT2D eigenvalue weighted by Gasteiger charge is -2.31. The van der Waals surface area contributed by atoms with Gasteiger partial charge in [0, 0.05) is 38.3 Å². The van der Waals surface area contributed by atoms with Gasteiger partial charge in [-0.1, -0.05) is 29.4 Å². The molecule has 1 aromatic carbocycles. The standard InChI is InChI=1S/C28H33N7O4/c1-16(30-27(37)22-15-23(39-34-22)28(3,4)38)18-5-7-19(8-6-18)21-9-12-29-25-24(21)26(33-32-25)31-20-10-13-35(14-11-20)17(2)36/h5-9,12,15-16,20,38H,10-11,13-14H2,1-4H3,(H,30,37)(H2,29,31,32,33). The molecule has 4 aromatic rings. The van der Waals surface area contributed by atoms with Crippen molar-refractivity contribution < 1.29 is 19.2 Å². The smallest absolute Gasteiger partial charge is 0.273 e. The number of anilines is 1. The minimum atomic E-state index is -1.22. The molecule has 0 saturated carbocycles. The molecule has 0 radical (unpaired) electrons. The van der Waals surface area contributed by atoms with Crippen molar-refractivity contribution in [2.75, 3.05) is 18.4 Å². The van der Waals surface area contributed by atoms with Crippen LogP contribution in [-0.4, -0.2) is 61.3 Å². The van der Waals surface area contributed by atoms with E-state index >= 15 is 0 Å². The van der Waals surface area contributed by atoms with Crippen LogP contribution in [0.15, 0.2) is 47.1 Å². The molecule has 4 heterocycles. The summed E-state index contributed by atoms with van der Waals surface area (Å²) in [6.07, 6.45) is 3.46. The van der Waals surface area contributed by atoms with E-state index in [2.05, 4.69) is 31.0 Å². The van der Waals surface area contributed by atoms with Gasteiger partial charge < -0.3 is 25.2 Å². The van der Waals surface area contributed by atoms with Crippen molar-refractivity contribution in [3.8, 4) is 11.1 Å². The molecule has 5 rings (SSSR count). The van der Waals surface area contributed by atoms with Crippen molar-refractivity contribution in [3.05, 3.63) is 59.6 Å². The molecule has 1 unspecified atom stereocenters. The summed E-state index contributed by atoms with van der Waals surface area (Å²) >= 11 is 0. The molecule has 1 aliphatic heterocycles. The number of hydrogen-bond acceptors (Lipinski definition) is 8. The Labute approximate surface area is 226 Å². The third kappa shape index (κ3) is 5.63. The number of aromatic amines is 1. The van der Waals surface area contributed by atoms with Gasteiger partial charge in [-0.25, -0.2) is 4.98 Å². The van der Waals surface area contributed by atoms with Crippen LogP contribution in [0.4, 0.5) is 5.82 Å². The maximum atomic E-state index is 12.7. The SMILES string of the molecule is CC(=O)N1CCC(Nc2n[nH]c3nccc(-c4ccc(C(C)NC(=O)c5cc(C(C)(C)O)on5)cc4)c23)CC1. The van der Waals surface area contributed by atoms with Crippen LogP contribution in [-0.2, 0) is 10.4 Å². The van der Waals surface area contributed by atoms with E-state index < -0.39 is 5.60 Å². The Bertz CT molecular complexity index is 1480. The molecule has 0 aliphatic carbocycles. The fourth-order valence-electron chi connectivity index (χ4n) is 4.80. The molecular formula is C28H33N7O4. The van der Waals surface area contributed by atoms with E-state index in [4.69, 9.17) is 4.52 Å². The molecule has 1 aliphatic rings. The molecule has 1 saturated heterocycles. The Hall–Kier alpha value is -4.25. The topological polar surface area (TPSA) is 149 Å². The molecule has 2 amide bonds. The first-order valence-electron chi connectivity index (χ1n) is 13.1. The number of pyridine rings is 1. The molecule has 0 bridgehead atoms. The molecule has 39 heavy (non-hydrogen) atoms. The Morgan fingerprint density at radius 3 is 2.54 bits per heavy atom. The summed E-state index contributed by atoms with van der Waals surface area (Å²) in [6, 6.07) is 11.3. The quantitative estimate of drug-likeness (QED) is 0.282. The summed E-state index contributed by atoms with van der Waals surface area (Å²) in [7, 11) is 0. The van der Waals surface area contributed by atoms with E-state index in [1.54, 1.807) is 27.0 Å². The summed E-state index contributed by atoms with van der Waals surface area (Å²) in [4.78, 5) is 30.7. The number of aromatic nitrogens is 4. The van der Waals surface area contributed by atoms with Crippen molar-refractivity contribution in [2.24, 2.45) is 0 Å². The predicted molar refractivity (Wildman–Crippen MR) is 146 cm³/mol. The van der Waals surface area contributed by atoms with E-state index in [9.17, 15) is 14.7 Å². The summed E-state index contributed by atoms with van der Waals surface area (Å²) in [5.74, 6) is 0.700. The van der Waals surface area contributed by atoms with E-state index in [1.807, 2.05) is 42.2 Å². The van der Waals surface area contributed by atoms with E-state index in [0.717, 1.165) is 53.8 Å². The van der Waals surface area contributed by atoms with Crippen LogP contribution >= 0.6 is 0 Å². The first-order chi connectivity index (χ1) is 18.6. The number of carbonyl (C=O) groups is 2. The minimum Gasteiger partial charge on any atom is -0.382 e. The molecule has 0 spiro atoms. The number of benzene rings is 1. The van der Waals surface area contributed by atoms with Gasteiger partial charge in [0.05, 0.1) is 11.4 Å². The lowest BCUT2D eigenvalue weighted by molar-refractivity contribution is -0.129. The fourth-order valence-corrected chi connectivity index (χ4v) is 4.80. The number of hydrogen-bond donors (Lipinski definition) is 4. The molecular weight excluding hydrogens is 498 g/mol. The maximum Gasteiger partial charge on any atom is 0.273 e. The molecule has 1 fully saturated rings. The van der Waals surface area contributed by atoms with Crippen molar-refractivity contribution in [1.29, 1.82) is 0 Å². The lowest BCUT2D eigenvalue weighted by atomic mass is 9.99. The third-order valence-corrected chi connectivity index (χ3v) is 7.16. The first kappa shape index (κ1) is 26.4. The summed E-state index contributed by atoms with van der Waals surface area (Å²) < 4.78 is 5.11. The zero-order valence-electron chi connectivity index (χ0n) is 22.5. The second kappa shape index (κ2) is 10.5. The van der Waals surface area contributed by atoms with E-state index in [0.29, 0.717) is 5.65 Å². The van der Waals surface area contributed by atoms with Crippen molar-refractivity contribution in [3.63, 3.8) is 0 Å². The highest BCUT2D eigenvalue weighted by molar-refractivity contribution is 6.00. The van der Waals surface area contributed by atoms with Crippen molar-refractivity contribution in [2.45, 2.75) is 58.2 Å². The van der Waals surface area contributed by atoms with Gasteiger partial charge in [-0.3, -0.25) is 14.7 Å². The fraction of sp³-hybridized carbons (Fsp3) is 0.393. The third-order valence-electron chi connectivity index (χ3n) is 7.16. The number of likely N-dealkylation sites (tertiary alicyclic amines) is 1. The van der Waals surface area contributed by atoms with Gasteiger partial charge >= 0.3 is 0 Å². The van der Waals surface area contributed by atoms with Crippen LogP contribution in [0.2, 0.25) is 0 Å².